The van der Waals surface area contributed by atoms with Crippen LogP contribution in [0, 0.1) is 6.92 Å². The van der Waals surface area contributed by atoms with Crippen molar-refractivity contribution in [1.82, 2.24) is 15.3 Å². The maximum absolute atomic E-state index is 11.1. The molecule has 0 saturated carbocycles. The van der Waals surface area contributed by atoms with E-state index >= 15 is 0 Å². The van der Waals surface area contributed by atoms with Crippen LogP contribution in [0.4, 0.5) is 0 Å². The van der Waals surface area contributed by atoms with E-state index in [1.54, 1.807) is 19.3 Å². The molecule has 14 heavy (non-hydrogen) atoms. The van der Waals surface area contributed by atoms with Crippen LogP contribution in [-0.2, 0) is 11.3 Å². The lowest BCUT2D eigenvalue weighted by Gasteiger charge is -2.06. The fourth-order valence-electron chi connectivity index (χ4n) is 0.849. The molecule has 0 saturated heterocycles. The van der Waals surface area contributed by atoms with Crippen LogP contribution in [0.2, 0.25) is 0 Å². The van der Waals surface area contributed by atoms with Crippen molar-refractivity contribution in [3.05, 3.63) is 23.8 Å². The van der Waals surface area contributed by atoms with Crippen LogP contribution in [-0.4, -0.2) is 21.9 Å². The SMILES string of the molecule is Cc1cnc(CNC(=O)[C@H](C)N)cn1. The normalized spacial score (nSPS) is 12.2. The van der Waals surface area contributed by atoms with Gasteiger partial charge in [-0.05, 0) is 13.8 Å². The highest BCUT2D eigenvalue weighted by atomic mass is 16.2. The predicted molar refractivity (Wildman–Crippen MR) is 52.3 cm³/mol. The van der Waals surface area contributed by atoms with Crippen molar-refractivity contribution in [1.29, 1.82) is 0 Å². The van der Waals surface area contributed by atoms with Crippen molar-refractivity contribution in [2.75, 3.05) is 0 Å². The zero-order chi connectivity index (χ0) is 10.6. The second-order valence-electron chi connectivity index (χ2n) is 3.16. The van der Waals surface area contributed by atoms with Gasteiger partial charge >= 0.3 is 0 Å². The van der Waals surface area contributed by atoms with Gasteiger partial charge in [0.15, 0.2) is 0 Å². The highest BCUT2D eigenvalue weighted by molar-refractivity contribution is 5.80. The lowest BCUT2D eigenvalue weighted by atomic mass is 10.3. The number of amides is 1. The van der Waals surface area contributed by atoms with E-state index in [2.05, 4.69) is 15.3 Å². The Hall–Kier alpha value is -1.49. The number of hydrogen-bond donors (Lipinski definition) is 2. The molecule has 1 rings (SSSR count). The second-order valence-corrected chi connectivity index (χ2v) is 3.16. The number of rotatable bonds is 3. The summed E-state index contributed by atoms with van der Waals surface area (Å²) in [6.07, 6.45) is 3.30. The van der Waals surface area contributed by atoms with Gasteiger partial charge in [-0.3, -0.25) is 14.8 Å². The number of aryl methyl sites for hydroxylation is 1. The van der Waals surface area contributed by atoms with E-state index in [0.29, 0.717) is 6.54 Å². The van der Waals surface area contributed by atoms with Crippen molar-refractivity contribution >= 4 is 5.91 Å². The van der Waals surface area contributed by atoms with Crippen molar-refractivity contribution < 1.29 is 4.79 Å². The maximum Gasteiger partial charge on any atom is 0.236 e. The van der Waals surface area contributed by atoms with Gasteiger partial charge in [-0.25, -0.2) is 0 Å². The molecule has 0 spiro atoms. The number of hydrogen-bond acceptors (Lipinski definition) is 4. The van der Waals surface area contributed by atoms with Crippen LogP contribution in [0.5, 0.6) is 0 Å². The molecule has 5 heteroatoms. The molecule has 0 aliphatic rings. The second kappa shape index (κ2) is 4.66. The van der Waals surface area contributed by atoms with Crippen LogP contribution in [0.25, 0.3) is 0 Å². The van der Waals surface area contributed by atoms with Crippen LogP contribution in [0.1, 0.15) is 18.3 Å². The Bertz CT molecular complexity index is 307. The van der Waals surface area contributed by atoms with Gasteiger partial charge in [-0.1, -0.05) is 0 Å². The van der Waals surface area contributed by atoms with Gasteiger partial charge in [0.1, 0.15) is 0 Å². The first-order valence-corrected chi connectivity index (χ1v) is 4.40. The summed E-state index contributed by atoms with van der Waals surface area (Å²) in [5.41, 5.74) is 6.96. The van der Waals surface area contributed by atoms with Crippen molar-refractivity contribution in [3.63, 3.8) is 0 Å². The van der Waals surface area contributed by atoms with Crippen LogP contribution >= 0.6 is 0 Å². The Kier molecular flexibility index (Phi) is 3.53. The van der Waals surface area contributed by atoms with Gasteiger partial charge in [0.25, 0.3) is 0 Å². The smallest absolute Gasteiger partial charge is 0.236 e. The highest BCUT2D eigenvalue weighted by Gasteiger charge is 2.06. The number of nitrogens with zero attached hydrogens (tertiary/aromatic N) is 2. The van der Waals surface area contributed by atoms with E-state index in [1.165, 1.54) is 0 Å². The molecule has 1 aromatic rings. The first kappa shape index (κ1) is 10.6. The number of carbonyl (C=O) groups excluding carboxylic acids is 1. The molecular weight excluding hydrogens is 180 g/mol. The summed E-state index contributed by atoms with van der Waals surface area (Å²) < 4.78 is 0. The number of carbonyl (C=O) groups is 1. The zero-order valence-electron chi connectivity index (χ0n) is 8.32. The molecule has 0 aliphatic heterocycles. The quantitative estimate of drug-likeness (QED) is 0.695. The fraction of sp³-hybridized carbons (Fsp3) is 0.444. The summed E-state index contributed by atoms with van der Waals surface area (Å²) in [6.45, 7) is 3.86. The molecule has 5 nitrogen and oxygen atoms in total. The molecule has 0 radical (unpaired) electrons. The molecule has 0 fully saturated rings. The average Bonchev–Trinajstić information content (AvgIpc) is 2.16. The van der Waals surface area contributed by atoms with Gasteiger partial charge in [-0.2, -0.15) is 0 Å². The first-order chi connectivity index (χ1) is 6.59. The average molecular weight is 194 g/mol. The molecule has 0 aromatic carbocycles. The predicted octanol–water partition coefficient (Wildman–Crippen LogP) is -0.252. The van der Waals surface area contributed by atoms with Gasteiger partial charge in [0.2, 0.25) is 5.91 Å². The zero-order valence-corrected chi connectivity index (χ0v) is 8.32. The van der Waals surface area contributed by atoms with Crippen molar-refractivity contribution in [2.45, 2.75) is 26.4 Å². The summed E-state index contributed by atoms with van der Waals surface area (Å²) in [5.74, 6) is -0.188. The molecule has 1 aromatic heterocycles. The Morgan fingerprint density at radius 1 is 1.57 bits per heavy atom. The minimum absolute atomic E-state index is 0.188. The Balaban J connectivity index is 2.46. The van der Waals surface area contributed by atoms with E-state index < -0.39 is 6.04 Å². The maximum atomic E-state index is 11.1. The summed E-state index contributed by atoms with van der Waals surface area (Å²) in [7, 11) is 0. The summed E-state index contributed by atoms with van der Waals surface area (Å²) in [4.78, 5) is 19.2. The monoisotopic (exact) mass is 194 g/mol. The summed E-state index contributed by atoms with van der Waals surface area (Å²) in [6, 6.07) is -0.492. The van der Waals surface area contributed by atoms with Crippen LogP contribution < -0.4 is 11.1 Å². The number of aromatic nitrogens is 2. The molecule has 3 N–H and O–H groups in total. The third kappa shape index (κ3) is 3.10. The Morgan fingerprint density at radius 3 is 2.79 bits per heavy atom. The molecule has 76 valence electrons. The van der Waals surface area contributed by atoms with E-state index in [4.69, 9.17) is 5.73 Å². The van der Waals surface area contributed by atoms with E-state index in [0.717, 1.165) is 11.4 Å². The van der Waals surface area contributed by atoms with E-state index in [1.807, 2.05) is 6.92 Å². The summed E-state index contributed by atoms with van der Waals surface area (Å²) >= 11 is 0. The van der Waals surface area contributed by atoms with Gasteiger partial charge in [0.05, 0.1) is 30.2 Å². The molecule has 1 heterocycles. The standard InChI is InChI=1S/C9H14N4O/c1-6-3-12-8(4-11-6)5-13-9(14)7(2)10/h3-4,7H,5,10H2,1-2H3,(H,13,14)/t7-/m0/s1. The van der Waals surface area contributed by atoms with Gasteiger partial charge in [0, 0.05) is 6.20 Å². The molecule has 0 aliphatic carbocycles. The largest absolute Gasteiger partial charge is 0.349 e. The first-order valence-electron chi connectivity index (χ1n) is 4.40. The highest BCUT2D eigenvalue weighted by Crippen LogP contribution is 1.93. The van der Waals surface area contributed by atoms with Crippen molar-refractivity contribution in [2.24, 2.45) is 5.73 Å². The lowest BCUT2D eigenvalue weighted by Crippen LogP contribution is -2.37. The minimum atomic E-state index is -0.492. The van der Waals surface area contributed by atoms with Crippen LogP contribution in [0.3, 0.4) is 0 Å². The Morgan fingerprint density at radius 2 is 2.29 bits per heavy atom. The van der Waals surface area contributed by atoms with E-state index in [9.17, 15) is 4.79 Å². The van der Waals surface area contributed by atoms with Gasteiger partial charge in [-0.15, -0.1) is 0 Å². The molecule has 0 bridgehead atoms. The lowest BCUT2D eigenvalue weighted by molar-refractivity contribution is -0.122. The van der Waals surface area contributed by atoms with Gasteiger partial charge < -0.3 is 11.1 Å². The third-order valence-electron chi connectivity index (χ3n) is 1.69. The fourth-order valence-corrected chi connectivity index (χ4v) is 0.849. The number of nitrogens with one attached hydrogen (secondary N) is 1. The minimum Gasteiger partial charge on any atom is -0.349 e. The summed E-state index contributed by atoms with van der Waals surface area (Å²) in [5, 5.41) is 2.65. The molecule has 0 unspecified atom stereocenters. The van der Waals surface area contributed by atoms with E-state index in [-0.39, 0.29) is 5.91 Å². The van der Waals surface area contributed by atoms with Crippen molar-refractivity contribution in [3.8, 4) is 0 Å². The third-order valence-corrected chi connectivity index (χ3v) is 1.69. The molecular formula is C9H14N4O. The number of nitrogens with two attached hydrogens (primary N) is 1. The van der Waals surface area contributed by atoms with Crippen LogP contribution in [0.15, 0.2) is 12.4 Å². The molecule has 1 amide bonds. The topological polar surface area (TPSA) is 80.9 Å². The Labute approximate surface area is 82.7 Å². The molecule has 1 atom stereocenters.